The third kappa shape index (κ3) is 4.00. The molecule has 0 spiro atoms. The molecule has 0 unspecified atom stereocenters. The maximum atomic E-state index is 12.1. The molecule has 21 heavy (non-hydrogen) atoms. The number of para-hydroxylation sites is 1. The number of hydrogen-bond donors (Lipinski definition) is 1. The quantitative estimate of drug-likeness (QED) is 0.857. The summed E-state index contributed by atoms with van der Waals surface area (Å²) in [7, 11) is -3.38. The first-order chi connectivity index (χ1) is 10.0. The standard InChI is InChI=1S/C15H13NO3S2/c16-11-12-5-7-13(8-6-12)21(18,19)10-9-20-15-4-2-1-3-14(15)17/h1-8,17H,9-10H2. The molecule has 0 amide bonds. The van der Waals surface area contributed by atoms with Crippen molar-refractivity contribution in [2.45, 2.75) is 9.79 Å². The van der Waals surface area contributed by atoms with Crippen LogP contribution in [0.2, 0.25) is 0 Å². The average Bonchev–Trinajstić information content (AvgIpc) is 2.49. The van der Waals surface area contributed by atoms with Crippen molar-refractivity contribution in [3.63, 3.8) is 0 Å². The van der Waals surface area contributed by atoms with Gasteiger partial charge in [0.15, 0.2) is 9.84 Å². The minimum atomic E-state index is -3.38. The van der Waals surface area contributed by atoms with E-state index in [1.807, 2.05) is 6.07 Å². The van der Waals surface area contributed by atoms with Crippen molar-refractivity contribution in [3.8, 4) is 11.8 Å². The lowest BCUT2D eigenvalue weighted by Crippen LogP contribution is -2.08. The van der Waals surface area contributed by atoms with Gasteiger partial charge < -0.3 is 5.11 Å². The number of nitriles is 1. The van der Waals surface area contributed by atoms with Gasteiger partial charge in [-0.3, -0.25) is 0 Å². The number of phenolic OH excluding ortho intramolecular Hbond substituents is 1. The molecule has 2 rings (SSSR count). The molecule has 0 saturated heterocycles. The molecule has 0 aromatic heterocycles. The van der Waals surface area contributed by atoms with Crippen LogP contribution in [0.15, 0.2) is 58.3 Å². The SMILES string of the molecule is N#Cc1ccc(S(=O)(=O)CCSc2ccccc2O)cc1. The minimum Gasteiger partial charge on any atom is -0.507 e. The molecular formula is C15H13NO3S2. The normalized spacial score (nSPS) is 11.0. The first-order valence-electron chi connectivity index (χ1n) is 6.16. The highest BCUT2D eigenvalue weighted by atomic mass is 32.2. The van der Waals surface area contributed by atoms with Crippen LogP contribution in [0.4, 0.5) is 0 Å². The lowest BCUT2D eigenvalue weighted by molar-refractivity contribution is 0.462. The fraction of sp³-hybridized carbons (Fsp3) is 0.133. The van der Waals surface area contributed by atoms with Crippen molar-refractivity contribution in [2.75, 3.05) is 11.5 Å². The van der Waals surface area contributed by atoms with Gasteiger partial charge >= 0.3 is 0 Å². The zero-order valence-electron chi connectivity index (χ0n) is 11.1. The number of phenols is 1. The van der Waals surface area contributed by atoms with Gasteiger partial charge in [-0.1, -0.05) is 12.1 Å². The Kier molecular flexibility index (Phi) is 4.89. The third-order valence-electron chi connectivity index (χ3n) is 2.82. The lowest BCUT2D eigenvalue weighted by Gasteiger charge is -2.06. The van der Waals surface area contributed by atoms with Crippen LogP contribution < -0.4 is 0 Å². The number of benzene rings is 2. The predicted octanol–water partition coefficient (Wildman–Crippen LogP) is 2.83. The number of rotatable bonds is 5. The Morgan fingerprint density at radius 3 is 2.38 bits per heavy atom. The molecule has 0 aliphatic rings. The van der Waals surface area contributed by atoms with E-state index in [4.69, 9.17) is 5.26 Å². The number of hydrogen-bond acceptors (Lipinski definition) is 5. The summed E-state index contributed by atoms with van der Waals surface area (Å²) in [5.41, 5.74) is 0.428. The third-order valence-corrected chi connectivity index (χ3v) is 5.87. The van der Waals surface area contributed by atoms with Crippen LogP contribution in [0.1, 0.15) is 5.56 Å². The first kappa shape index (κ1) is 15.4. The summed E-state index contributed by atoms with van der Waals surface area (Å²) in [6.45, 7) is 0. The molecule has 0 heterocycles. The van der Waals surface area contributed by atoms with E-state index in [1.54, 1.807) is 24.3 Å². The molecule has 0 atom stereocenters. The van der Waals surface area contributed by atoms with E-state index in [0.717, 1.165) is 0 Å². The van der Waals surface area contributed by atoms with Crippen LogP contribution in [0.3, 0.4) is 0 Å². The molecule has 2 aromatic carbocycles. The fourth-order valence-electron chi connectivity index (χ4n) is 1.70. The maximum Gasteiger partial charge on any atom is 0.179 e. The molecule has 0 fully saturated rings. The Morgan fingerprint density at radius 2 is 1.76 bits per heavy atom. The van der Waals surface area contributed by atoms with Gasteiger partial charge in [0.2, 0.25) is 0 Å². The van der Waals surface area contributed by atoms with Gasteiger partial charge in [0.1, 0.15) is 5.75 Å². The highest BCUT2D eigenvalue weighted by molar-refractivity contribution is 8.00. The largest absolute Gasteiger partial charge is 0.507 e. The van der Waals surface area contributed by atoms with Crippen molar-refractivity contribution < 1.29 is 13.5 Å². The van der Waals surface area contributed by atoms with Gasteiger partial charge in [0.25, 0.3) is 0 Å². The van der Waals surface area contributed by atoms with E-state index in [2.05, 4.69) is 0 Å². The zero-order valence-corrected chi connectivity index (χ0v) is 12.7. The molecule has 4 nitrogen and oxygen atoms in total. The second kappa shape index (κ2) is 6.66. The summed E-state index contributed by atoms with van der Waals surface area (Å²) in [5, 5.41) is 18.3. The van der Waals surface area contributed by atoms with Crippen molar-refractivity contribution in [2.24, 2.45) is 0 Å². The molecule has 1 N–H and O–H groups in total. The first-order valence-corrected chi connectivity index (χ1v) is 8.80. The Labute approximate surface area is 128 Å². The molecular weight excluding hydrogens is 306 g/mol. The summed E-state index contributed by atoms with van der Waals surface area (Å²) in [5.74, 6) is 0.468. The van der Waals surface area contributed by atoms with E-state index >= 15 is 0 Å². The van der Waals surface area contributed by atoms with Crippen LogP contribution >= 0.6 is 11.8 Å². The van der Waals surface area contributed by atoms with E-state index in [0.29, 0.717) is 16.2 Å². The Balaban J connectivity index is 2.01. The van der Waals surface area contributed by atoms with Gasteiger partial charge in [-0.05, 0) is 36.4 Å². The van der Waals surface area contributed by atoms with Gasteiger partial charge in [-0.25, -0.2) is 8.42 Å². The van der Waals surface area contributed by atoms with E-state index < -0.39 is 9.84 Å². The molecule has 108 valence electrons. The number of thioether (sulfide) groups is 1. The maximum absolute atomic E-state index is 12.1. The van der Waals surface area contributed by atoms with Crippen LogP contribution in [0, 0.1) is 11.3 Å². The molecule has 0 bridgehead atoms. The Hall–Kier alpha value is -1.97. The predicted molar refractivity (Wildman–Crippen MR) is 82.0 cm³/mol. The van der Waals surface area contributed by atoms with Gasteiger partial charge in [-0.2, -0.15) is 5.26 Å². The fourth-order valence-corrected chi connectivity index (χ4v) is 4.30. The van der Waals surface area contributed by atoms with Crippen molar-refractivity contribution in [1.29, 1.82) is 5.26 Å². The number of aromatic hydroxyl groups is 1. The molecule has 0 aliphatic heterocycles. The molecule has 0 radical (unpaired) electrons. The van der Waals surface area contributed by atoms with Gasteiger partial charge in [0, 0.05) is 10.6 Å². The Morgan fingerprint density at radius 1 is 1.10 bits per heavy atom. The average molecular weight is 319 g/mol. The zero-order chi connectivity index (χ0) is 15.3. The van der Waals surface area contributed by atoms with Crippen molar-refractivity contribution in [3.05, 3.63) is 54.1 Å². The molecule has 2 aromatic rings. The van der Waals surface area contributed by atoms with Gasteiger partial charge in [0.05, 0.1) is 22.3 Å². The second-order valence-electron chi connectivity index (χ2n) is 4.27. The van der Waals surface area contributed by atoms with Crippen LogP contribution in [-0.4, -0.2) is 25.0 Å². The van der Waals surface area contributed by atoms with Crippen molar-refractivity contribution in [1.82, 2.24) is 0 Å². The monoisotopic (exact) mass is 319 g/mol. The second-order valence-corrected chi connectivity index (χ2v) is 7.52. The highest BCUT2D eigenvalue weighted by Gasteiger charge is 2.14. The number of sulfone groups is 1. The molecule has 0 saturated carbocycles. The molecule has 6 heteroatoms. The van der Waals surface area contributed by atoms with E-state index in [9.17, 15) is 13.5 Å². The summed E-state index contributed by atoms with van der Waals surface area (Å²) in [6, 6.07) is 14.6. The molecule has 0 aliphatic carbocycles. The van der Waals surface area contributed by atoms with Crippen LogP contribution in [0.25, 0.3) is 0 Å². The van der Waals surface area contributed by atoms with Crippen LogP contribution in [-0.2, 0) is 9.84 Å². The highest BCUT2D eigenvalue weighted by Crippen LogP contribution is 2.28. The van der Waals surface area contributed by atoms with Crippen molar-refractivity contribution >= 4 is 21.6 Å². The Bertz CT molecular complexity index is 762. The van der Waals surface area contributed by atoms with Gasteiger partial charge in [-0.15, -0.1) is 11.8 Å². The smallest absolute Gasteiger partial charge is 0.179 e. The summed E-state index contributed by atoms with van der Waals surface area (Å²) >= 11 is 1.29. The lowest BCUT2D eigenvalue weighted by atomic mass is 10.2. The van der Waals surface area contributed by atoms with E-state index in [-0.39, 0.29) is 16.4 Å². The van der Waals surface area contributed by atoms with E-state index in [1.165, 1.54) is 36.0 Å². The summed E-state index contributed by atoms with van der Waals surface area (Å²) in [6.07, 6.45) is 0. The number of nitrogens with zero attached hydrogens (tertiary/aromatic N) is 1. The van der Waals surface area contributed by atoms with Crippen LogP contribution in [0.5, 0.6) is 5.75 Å². The minimum absolute atomic E-state index is 0.0299. The topological polar surface area (TPSA) is 78.2 Å². The summed E-state index contributed by atoms with van der Waals surface area (Å²) < 4.78 is 24.3. The summed E-state index contributed by atoms with van der Waals surface area (Å²) in [4.78, 5) is 0.868.